The second-order valence-corrected chi connectivity index (χ2v) is 3.16. The van der Waals surface area contributed by atoms with Crippen molar-refractivity contribution in [2.75, 3.05) is 13.7 Å². The summed E-state index contributed by atoms with van der Waals surface area (Å²) in [6, 6.07) is 7.40. The first-order chi connectivity index (χ1) is 7.13. The molecule has 4 nitrogen and oxygen atoms in total. The highest BCUT2D eigenvalue weighted by molar-refractivity contribution is 5.99. The molecule has 0 heterocycles. The molecule has 15 heavy (non-hydrogen) atoms. The van der Waals surface area contributed by atoms with Crippen LogP contribution in [0.4, 0.5) is 0 Å². The lowest BCUT2D eigenvalue weighted by molar-refractivity contribution is 0.229. The molecule has 0 saturated carbocycles. The SMILES string of the molecule is COCC(=N)OC(=N)c1cccc(C)c1. The maximum absolute atomic E-state index is 7.62. The molecule has 0 unspecified atom stereocenters. The van der Waals surface area contributed by atoms with Gasteiger partial charge in [-0.3, -0.25) is 10.8 Å². The smallest absolute Gasteiger partial charge is 0.220 e. The lowest BCUT2D eigenvalue weighted by Crippen LogP contribution is -2.16. The second kappa shape index (κ2) is 5.26. The Morgan fingerprint density at radius 1 is 1.33 bits per heavy atom. The van der Waals surface area contributed by atoms with E-state index in [4.69, 9.17) is 20.3 Å². The predicted molar refractivity (Wildman–Crippen MR) is 58.7 cm³/mol. The van der Waals surface area contributed by atoms with Crippen molar-refractivity contribution in [1.82, 2.24) is 0 Å². The summed E-state index contributed by atoms with van der Waals surface area (Å²) in [4.78, 5) is 0. The fourth-order valence-electron chi connectivity index (χ4n) is 1.13. The minimum Gasteiger partial charge on any atom is -0.423 e. The Balaban J connectivity index is 2.65. The zero-order valence-electron chi connectivity index (χ0n) is 8.83. The molecule has 0 fully saturated rings. The van der Waals surface area contributed by atoms with Gasteiger partial charge in [0.05, 0.1) is 0 Å². The predicted octanol–water partition coefficient (Wildman–Crippen LogP) is 1.96. The summed E-state index contributed by atoms with van der Waals surface area (Å²) < 4.78 is 9.69. The molecule has 0 saturated heterocycles. The quantitative estimate of drug-likeness (QED) is 0.586. The number of aryl methyl sites for hydroxylation is 1. The summed E-state index contributed by atoms with van der Waals surface area (Å²) in [5.41, 5.74) is 1.72. The highest BCUT2D eigenvalue weighted by Crippen LogP contribution is 2.05. The van der Waals surface area contributed by atoms with Gasteiger partial charge in [-0.25, -0.2) is 0 Å². The molecule has 1 rings (SSSR count). The van der Waals surface area contributed by atoms with E-state index in [2.05, 4.69) is 0 Å². The minimum absolute atomic E-state index is 0.0271. The van der Waals surface area contributed by atoms with E-state index >= 15 is 0 Å². The number of nitrogens with one attached hydrogen (secondary N) is 2. The average Bonchev–Trinajstić information content (AvgIpc) is 2.18. The van der Waals surface area contributed by atoms with E-state index in [-0.39, 0.29) is 18.4 Å². The van der Waals surface area contributed by atoms with E-state index in [0.717, 1.165) is 5.56 Å². The highest BCUT2D eigenvalue weighted by Gasteiger charge is 2.05. The Morgan fingerprint density at radius 2 is 2.07 bits per heavy atom. The number of benzene rings is 1. The summed E-state index contributed by atoms with van der Waals surface area (Å²) in [6.45, 7) is 2.02. The topological polar surface area (TPSA) is 66.2 Å². The van der Waals surface area contributed by atoms with Crippen LogP contribution in [0.1, 0.15) is 11.1 Å². The molecular weight excluding hydrogens is 192 g/mol. The molecule has 0 aliphatic heterocycles. The van der Waals surface area contributed by atoms with Crippen LogP contribution in [0, 0.1) is 17.7 Å². The van der Waals surface area contributed by atoms with Gasteiger partial charge in [0.25, 0.3) is 0 Å². The van der Waals surface area contributed by atoms with E-state index in [1.165, 1.54) is 7.11 Å². The van der Waals surface area contributed by atoms with Gasteiger partial charge in [0.1, 0.15) is 6.61 Å². The van der Waals surface area contributed by atoms with Gasteiger partial charge >= 0.3 is 0 Å². The molecule has 0 amide bonds. The van der Waals surface area contributed by atoms with Gasteiger partial charge in [-0.05, 0) is 19.1 Å². The van der Waals surface area contributed by atoms with Gasteiger partial charge in [0.15, 0.2) is 0 Å². The third-order valence-electron chi connectivity index (χ3n) is 1.78. The summed E-state index contributed by atoms with van der Waals surface area (Å²) in [5.74, 6) is -0.0928. The van der Waals surface area contributed by atoms with Crippen molar-refractivity contribution in [2.45, 2.75) is 6.92 Å². The minimum atomic E-state index is -0.0657. The van der Waals surface area contributed by atoms with Gasteiger partial charge in [0.2, 0.25) is 11.8 Å². The van der Waals surface area contributed by atoms with E-state index in [1.807, 2.05) is 25.1 Å². The van der Waals surface area contributed by atoms with Crippen molar-refractivity contribution in [3.63, 3.8) is 0 Å². The number of hydrogen-bond donors (Lipinski definition) is 2. The normalized spacial score (nSPS) is 9.73. The maximum atomic E-state index is 7.62. The van der Waals surface area contributed by atoms with Crippen LogP contribution < -0.4 is 0 Å². The van der Waals surface area contributed by atoms with E-state index in [9.17, 15) is 0 Å². The molecule has 0 bridgehead atoms. The number of ether oxygens (including phenoxy) is 2. The van der Waals surface area contributed by atoms with Crippen molar-refractivity contribution >= 4 is 11.8 Å². The third-order valence-corrected chi connectivity index (χ3v) is 1.78. The van der Waals surface area contributed by atoms with Gasteiger partial charge in [-0.15, -0.1) is 0 Å². The van der Waals surface area contributed by atoms with Gasteiger partial charge in [0, 0.05) is 12.7 Å². The lowest BCUT2D eigenvalue weighted by Gasteiger charge is -2.07. The van der Waals surface area contributed by atoms with Gasteiger partial charge < -0.3 is 9.47 Å². The molecule has 0 aromatic heterocycles. The molecule has 0 atom stereocenters. The van der Waals surface area contributed by atoms with E-state index in [1.54, 1.807) is 6.07 Å². The first kappa shape index (κ1) is 11.4. The Morgan fingerprint density at radius 3 is 2.67 bits per heavy atom. The lowest BCUT2D eigenvalue weighted by atomic mass is 10.1. The Hall–Kier alpha value is -1.68. The van der Waals surface area contributed by atoms with Crippen molar-refractivity contribution < 1.29 is 9.47 Å². The van der Waals surface area contributed by atoms with Crippen LogP contribution in [0.15, 0.2) is 24.3 Å². The van der Waals surface area contributed by atoms with Crippen LogP contribution >= 0.6 is 0 Å². The largest absolute Gasteiger partial charge is 0.423 e. The number of rotatable bonds is 3. The fourth-order valence-corrected chi connectivity index (χ4v) is 1.13. The summed E-state index contributed by atoms with van der Waals surface area (Å²) in [5, 5.41) is 15.0. The fraction of sp³-hybridized carbons (Fsp3) is 0.273. The second-order valence-electron chi connectivity index (χ2n) is 3.16. The maximum Gasteiger partial charge on any atom is 0.220 e. The van der Waals surface area contributed by atoms with Gasteiger partial charge in [-0.1, -0.05) is 17.7 Å². The molecule has 80 valence electrons. The molecular formula is C11H14N2O2. The molecule has 4 heteroatoms. The molecule has 0 spiro atoms. The molecule has 0 radical (unpaired) electrons. The molecule has 0 aliphatic rings. The van der Waals surface area contributed by atoms with Crippen LogP contribution in [-0.4, -0.2) is 25.5 Å². The van der Waals surface area contributed by atoms with Crippen LogP contribution in [0.2, 0.25) is 0 Å². The first-order valence-corrected chi connectivity index (χ1v) is 4.53. The molecule has 0 aliphatic carbocycles. The zero-order chi connectivity index (χ0) is 11.3. The first-order valence-electron chi connectivity index (χ1n) is 4.53. The van der Waals surface area contributed by atoms with Crippen molar-refractivity contribution in [3.8, 4) is 0 Å². The monoisotopic (exact) mass is 206 g/mol. The Kier molecular flexibility index (Phi) is 4.00. The molecule has 1 aromatic rings. The van der Waals surface area contributed by atoms with Crippen LogP contribution in [-0.2, 0) is 9.47 Å². The standard InChI is InChI=1S/C11H14N2O2/c1-8-4-3-5-9(6-8)11(13)15-10(12)7-14-2/h3-6,12-13H,7H2,1-2H3. The molecule has 2 N–H and O–H groups in total. The summed E-state index contributed by atoms with van der Waals surface area (Å²) in [6.07, 6.45) is 0. The highest BCUT2D eigenvalue weighted by atomic mass is 16.5. The average molecular weight is 206 g/mol. The van der Waals surface area contributed by atoms with Gasteiger partial charge in [-0.2, -0.15) is 0 Å². The van der Waals surface area contributed by atoms with Crippen LogP contribution in [0.5, 0.6) is 0 Å². The van der Waals surface area contributed by atoms with Crippen LogP contribution in [0.3, 0.4) is 0 Å². The Bertz CT molecular complexity index is 375. The van der Waals surface area contributed by atoms with E-state index < -0.39 is 0 Å². The van der Waals surface area contributed by atoms with Crippen molar-refractivity contribution in [2.24, 2.45) is 0 Å². The van der Waals surface area contributed by atoms with Crippen molar-refractivity contribution in [3.05, 3.63) is 35.4 Å². The summed E-state index contributed by atoms with van der Waals surface area (Å²) >= 11 is 0. The molecule has 1 aromatic carbocycles. The Labute approximate surface area is 88.9 Å². The van der Waals surface area contributed by atoms with Crippen LogP contribution in [0.25, 0.3) is 0 Å². The van der Waals surface area contributed by atoms with Crippen molar-refractivity contribution in [1.29, 1.82) is 10.8 Å². The van der Waals surface area contributed by atoms with E-state index in [0.29, 0.717) is 5.56 Å². The third kappa shape index (κ3) is 3.52. The number of methoxy groups -OCH3 is 1. The zero-order valence-corrected chi connectivity index (χ0v) is 8.83. The summed E-state index contributed by atoms with van der Waals surface area (Å²) in [7, 11) is 1.48. The number of hydrogen-bond acceptors (Lipinski definition) is 4.